The minimum atomic E-state index is 0.478. The molecule has 2 unspecified atom stereocenters. The number of hydrogen-bond acceptors (Lipinski definition) is 2. The Morgan fingerprint density at radius 1 is 1.29 bits per heavy atom. The summed E-state index contributed by atoms with van der Waals surface area (Å²) in [4.78, 5) is 4.73. The number of hydrogen-bond donors (Lipinski definition) is 1. The number of piperazine rings is 1. The number of rotatable bonds is 1. The first-order valence-electron chi connectivity index (χ1n) is 5.18. The van der Waals surface area contributed by atoms with Crippen LogP contribution in [0.25, 0.3) is 0 Å². The second-order valence-electron chi connectivity index (χ2n) is 4.44. The van der Waals surface area contributed by atoms with Gasteiger partial charge in [0.2, 0.25) is 0 Å². The molecule has 0 aromatic carbocycles. The molecule has 0 aliphatic carbocycles. The molecule has 1 rings (SSSR count). The van der Waals surface area contributed by atoms with Gasteiger partial charge in [-0.05, 0) is 27.7 Å². The third-order valence-electron chi connectivity index (χ3n) is 2.90. The van der Waals surface area contributed by atoms with Gasteiger partial charge in [0.25, 0.3) is 0 Å². The molecule has 0 spiro atoms. The molecule has 0 aromatic rings. The third-order valence-corrected chi connectivity index (χ3v) is 3.34. The highest BCUT2D eigenvalue weighted by Crippen LogP contribution is 2.19. The van der Waals surface area contributed by atoms with Crippen LogP contribution in [0.2, 0.25) is 0 Å². The van der Waals surface area contributed by atoms with Crippen molar-refractivity contribution in [3.8, 4) is 0 Å². The van der Waals surface area contributed by atoms with Crippen molar-refractivity contribution in [3.63, 3.8) is 0 Å². The van der Waals surface area contributed by atoms with Gasteiger partial charge in [-0.15, -0.1) is 12.6 Å². The van der Waals surface area contributed by atoms with Crippen LogP contribution in [0.15, 0.2) is 0 Å². The molecule has 82 valence electrons. The number of thiol groups is 1. The van der Waals surface area contributed by atoms with Crippen molar-refractivity contribution < 1.29 is 0 Å². The molecular weight excluding hydrogens is 212 g/mol. The van der Waals surface area contributed by atoms with Crippen molar-refractivity contribution in [3.05, 3.63) is 0 Å². The van der Waals surface area contributed by atoms with E-state index in [1.807, 2.05) is 0 Å². The van der Waals surface area contributed by atoms with Crippen LogP contribution in [0.1, 0.15) is 27.7 Å². The van der Waals surface area contributed by atoms with Crippen LogP contribution in [0, 0.1) is 0 Å². The largest absolute Gasteiger partial charge is 0.350 e. The highest BCUT2D eigenvalue weighted by molar-refractivity contribution is 8.10. The fraction of sp³-hybridized carbons (Fsp3) is 0.900. The Kier molecular flexibility index (Phi) is 4.22. The number of nitrogens with zero attached hydrogens (tertiary/aromatic N) is 2. The van der Waals surface area contributed by atoms with Gasteiger partial charge in [-0.25, -0.2) is 0 Å². The molecule has 0 amide bonds. The van der Waals surface area contributed by atoms with Gasteiger partial charge in [-0.2, -0.15) is 0 Å². The summed E-state index contributed by atoms with van der Waals surface area (Å²) in [6.07, 6.45) is 0. The van der Waals surface area contributed by atoms with E-state index in [1.54, 1.807) is 0 Å². The van der Waals surface area contributed by atoms with Crippen molar-refractivity contribution in [2.75, 3.05) is 13.1 Å². The summed E-state index contributed by atoms with van der Waals surface area (Å²) < 4.78 is 0.730. The maximum atomic E-state index is 5.15. The minimum Gasteiger partial charge on any atom is -0.350 e. The van der Waals surface area contributed by atoms with Gasteiger partial charge in [0.1, 0.15) is 4.32 Å². The highest BCUT2D eigenvalue weighted by Gasteiger charge is 2.30. The van der Waals surface area contributed by atoms with Crippen molar-refractivity contribution in [1.29, 1.82) is 0 Å². The molecule has 1 fully saturated rings. The van der Waals surface area contributed by atoms with Crippen molar-refractivity contribution in [1.82, 2.24) is 9.80 Å². The summed E-state index contributed by atoms with van der Waals surface area (Å²) in [5, 5.41) is 0. The van der Waals surface area contributed by atoms with Crippen LogP contribution in [0.5, 0.6) is 0 Å². The van der Waals surface area contributed by atoms with Crippen LogP contribution in [-0.4, -0.2) is 45.3 Å². The first kappa shape index (κ1) is 12.3. The van der Waals surface area contributed by atoms with Gasteiger partial charge < -0.3 is 4.90 Å². The predicted octanol–water partition coefficient (Wildman–Crippen LogP) is 2.00. The van der Waals surface area contributed by atoms with Crippen LogP contribution in [0.3, 0.4) is 0 Å². The molecule has 0 bridgehead atoms. The standard InChI is InChI=1S/C10H20N2S2/c1-7(2)11-5-8(3)12(10(13)14)9(4)6-11/h7-9H,5-6H2,1-4H3,(H,13,14). The smallest absolute Gasteiger partial charge is 0.133 e. The molecule has 4 heteroatoms. The van der Waals surface area contributed by atoms with Gasteiger partial charge in [0.15, 0.2) is 0 Å². The minimum absolute atomic E-state index is 0.478. The summed E-state index contributed by atoms with van der Waals surface area (Å²) >= 11 is 9.43. The van der Waals surface area contributed by atoms with Crippen molar-refractivity contribution >= 4 is 29.2 Å². The van der Waals surface area contributed by atoms with E-state index in [9.17, 15) is 0 Å². The zero-order valence-electron chi connectivity index (χ0n) is 9.40. The Bertz CT molecular complexity index is 206. The third kappa shape index (κ3) is 2.61. The molecule has 0 saturated carbocycles. The summed E-state index contributed by atoms with van der Waals surface area (Å²) in [5.41, 5.74) is 0. The second kappa shape index (κ2) is 4.81. The summed E-state index contributed by atoms with van der Waals surface area (Å²) in [5.74, 6) is 0. The lowest BCUT2D eigenvalue weighted by Crippen LogP contribution is -2.58. The molecule has 14 heavy (non-hydrogen) atoms. The van der Waals surface area contributed by atoms with Gasteiger partial charge in [0, 0.05) is 31.2 Å². The Balaban J connectivity index is 2.68. The van der Waals surface area contributed by atoms with Crippen LogP contribution >= 0.6 is 24.8 Å². The lowest BCUT2D eigenvalue weighted by atomic mass is 10.1. The summed E-state index contributed by atoms with van der Waals surface area (Å²) in [7, 11) is 0. The molecule has 0 aromatic heterocycles. The molecule has 1 aliphatic heterocycles. The van der Waals surface area contributed by atoms with Crippen LogP contribution in [0.4, 0.5) is 0 Å². The van der Waals surface area contributed by atoms with Crippen LogP contribution < -0.4 is 0 Å². The van der Waals surface area contributed by atoms with E-state index in [0.717, 1.165) is 17.4 Å². The Morgan fingerprint density at radius 3 is 2.00 bits per heavy atom. The number of thiocarbonyl (C=S) groups is 1. The molecular formula is C10H20N2S2. The normalized spacial score (nSPS) is 29.7. The van der Waals surface area contributed by atoms with Gasteiger partial charge >= 0.3 is 0 Å². The zero-order chi connectivity index (χ0) is 10.9. The van der Waals surface area contributed by atoms with E-state index < -0.39 is 0 Å². The topological polar surface area (TPSA) is 6.48 Å². The van der Waals surface area contributed by atoms with Gasteiger partial charge in [-0.1, -0.05) is 12.2 Å². The molecule has 1 heterocycles. The molecule has 1 aliphatic rings. The lowest BCUT2D eigenvalue weighted by Gasteiger charge is -2.46. The molecule has 2 atom stereocenters. The first-order chi connectivity index (χ1) is 6.43. The fourth-order valence-electron chi connectivity index (χ4n) is 2.16. The zero-order valence-corrected chi connectivity index (χ0v) is 11.1. The van der Waals surface area contributed by atoms with E-state index in [-0.39, 0.29) is 0 Å². The summed E-state index contributed by atoms with van der Waals surface area (Å²) in [6, 6.07) is 1.58. The maximum absolute atomic E-state index is 5.15. The monoisotopic (exact) mass is 232 g/mol. The second-order valence-corrected chi connectivity index (χ2v) is 5.55. The average Bonchev–Trinajstić information content (AvgIpc) is 2.01. The molecule has 2 nitrogen and oxygen atoms in total. The Hall–Kier alpha value is 0.200. The van der Waals surface area contributed by atoms with Crippen LogP contribution in [-0.2, 0) is 0 Å². The van der Waals surface area contributed by atoms with E-state index >= 15 is 0 Å². The van der Waals surface area contributed by atoms with E-state index in [1.165, 1.54) is 0 Å². The molecule has 0 N–H and O–H groups in total. The predicted molar refractivity (Wildman–Crippen MR) is 69.1 cm³/mol. The maximum Gasteiger partial charge on any atom is 0.133 e. The lowest BCUT2D eigenvalue weighted by molar-refractivity contribution is 0.0744. The van der Waals surface area contributed by atoms with E-state index in [2.05, 4.69) is 50.1 Å². The fourth-order valence-corrected chi connectivity index (χ4v) is 2.92. The SMILES string of the molecule is CC(C)N1CC(C)N(C(=S)S)C(C)C1. The van der Waals surface area contributed by atoms with Gasteiger partial charge in [-0.3, -0.25) is 4.90 Å². The highest BCUT2D eigenvalue weighted by atomic mass is 32.1. The Morgan fingerprint density at radius 2 is 1.71 bits per heavy atom. The summed E-state index contributed by atoms with van der Waals surface area (Å²) in [6.45, 7) is 11.1. The Labute approximate surface area is 98.1 Å². The van der Waals surface area contributed by atoms with Crippen molar-refractivity contribution in [2.45, 2.75) is 45.8 Å². The molecule has 1 saturated heterocycles. The first-order valence-corrected chi connectivity index (χ1v) is 6.04. The van der Waals surface area contributed by atoms with Crippen molar-refractivity contribution in [2.24, 2.45) is 0 Å². The van der Waals surface area contributed by atoms with Gasteiger partial charge in [0.05, 0.1) is 0 Å². The molecule has 0 radical (unpaired) electrons. The quantitative estimate of drug-likeness (QED) is 0.546. The van der Waals surface area contributed by atoms with E-state index in [4.69, 9.17) is 12.2 Å². The average molecular weight is 232 g/mol. The van der Waals surface area contributed by atoms with E-state index in [0.29, 0.717) is 18.1 Å².